The van der Waals surface area contributed by atoms with Crippen molar-refractivity contribution in [3.05, 3.63) is 54.6 Å². The Kier molecular flexibility index (Phi) is 6.80. The lowest BCUT2D eigenvalue weighted by Crippen LogP contribution is -2.50. The predicted octanol–water partition coefficient (Wildman–Crippen LogP) is 3.64. The summed E-state index contributed by atoms with van der Waals surface area (Å²) in [4.78, 5) is 17.8. The molecule has 2 aromatic rings. The first-order chi connectivity index (χ1) is 12.8. The van der Waals surface area contributed by atoms with Gasteiger partial charge in [0.2, 0.25) is 0 Å². The number of carbonyl (C=O) groups is 1. The van der Waals surface area contributed by atoms with E-state index < -0.39 is 0 Å². The monoisotopic (exact) mass is 371 g/mol. The zero-order valence-corrected chi connectivity index (χ0v) is 15.9. The maximum absolute atomic E-state index is 12.5. The molecule has 1 aliphatic heterocycles. The van der Waals surface area contributed by atoms with Crippen molar-refractivity contribution in [2.24, 2.45) is 0 Å². The standard InChI is InChI=1S/C20H25N3O2S/c1-26-19-10-6-5-9-18(19)21-20(24)23-13-11-22(12-14-23)15-16-25-17-7-3-2-4-8-17/h2-10H,11-16H2,1H3,(H,21,24). The van der Waals surface area contributed by atoms with Crippen molar-refractivity contribution < 1.29 is 9.53 Å². The number of amides is 2. The number of ether oxygens (including phenoxy) is 1. The highest BCUT2D eigenvalue weighted by atomic mass is 32.2. The topological polar surface area (TPSA) is 44.8 Å². The summed E-state index contributed by atoms with van der Waals surface area (Å²) in [5, 5.41) is 3.03. The van der Waals surface area contributed by atoms with Crippen molar-refractivity contribution in [1.29, 1.82) is 0 Å². The minimum atomic E-state index is -0.0216. The van der Waals surface area contributed by atoms with Crippen LogP contribution >= 0.6 is 11.8 Å². The molecule has 26 heavy (non-hydrogen) atoms. The Hall–Kier alpha value is -2.18. The number of urea groups is 1. The van der Waals surface area contributed by atoms with E-state index in [9.17, 15) is 4.79 Å². The van der Waals surface area contributed by atoms with Crippen LogP contribution in [0.5, 0.6) is 5.75 Å². The molecule has 5 nitrogen and oxygen atoms in total. The van der Waals surface area contributed by atoms with Gasteiger partial charge in [-0.1, -0.05) is 30.3 Å². The van der Waals surface area contributed by atoms with Crippen molar-refractivity contribution in [1.82, 2.24) is 9.80 Å². The predicted molar refractivity (Wildman–Crippen MR) is 107 cm³/mol. The molecule has 1 N–H and O–H groups in total. The first-order valence-electron chi connectivity index (χ1n) is 8.85. The largest absolute Gasteiger partial charge is 0.492 e. The van der Waals surface area contributed by atoms with E-state index in [1.165, 1.54) is 0 Å². The SMILES string of the molecule is CSc1ccccc1NC(=O)N1CCN(CCOc2ccccc2)CC1. The first kappa shape index (κ1) is 18.6. The lowest BCUT2D eigenvalue weighted by atomic mass is 10.3. The van der Waals surface area contributed by atoms with Gasteiger partial charge in [0.1, 0.15) is 12.4 Å². The van der Waals surface area contributed by atoms with Gasteiger partial charge < -0.3 is 15.0 Å². The normalized spacial score (nSPS) is 14.9. The van der Waals surface area contributed by atoms with Crippen LogP contribution in [0.2, 0.25) is 0 Å². The number of hydrogen-bond acceptors (Lipinski definition) is 4. The zero-order valence-electron chi connectivity index (χ0n) is 15.1. The second-order valence-corrected chi connectivity index (χ2v) is 6.97. The summed E-state index contributed by atoms with van der Waals surface area (Å²) in [6.45, 7) is 4.75. The van der Waals surface area contributed by atoms with E-state index in [-0.39, 0.29) is 6.03 Å². The number of rotatable bonds is 6. The number of para-hydroxylation sites is 2. The van der Waals surface area contributed by atoms with Crippen molar-refractivity contribution >= 4 is 23.5 Å². The van der Waals surface area contributed by atoms with Gasteiger partial charge in [0, 0.05) is 37.6 Å². The second-order valence-electron chi connectivity index (χ2n) is 6.12. The Morgan fingerprint density at radius 3 is 2.46 bits per heavy atom. The van der Waals surface area contributed by atoms with E-state index in [4.69, 9.17) is 4.74 Å². The maximum Gasteiger partial charge on any atom is 0.321 e. The van der Waals surface area contributed by atoms with Crippen LogP contribution in [0, 0.1) is 0 Å². The molecule has 1 fully saturated rings. The molecule has 1 saturated heterocycles. The molecule has 0 atom stereocenters. The lowest BCUT2D eigenvalue weighted by Gasteiger charge is -2.34. The molecule has 0 aliphatic carbocycles. The number of carbonyl (C=O) groups excluding carboxylic acids is 1. The number of hydrogen-bond donors (Lipinski definition) is 1. The molecule has 1 heterocycles. The maximum atomic E-state index is 12.5. The highest BCUT2D eigenvalue weighted by molar-refractivity contribution is 7.98. The summed E-state index contributed by atoms with van der Waals surface area (Å²) >= 11 is 1.64. The van der Waals surface area contributed by atoms with Gasteiger partial charge in [-0.25, -0.2) is 4.79 Å². The average molecular weight is 372 g/mol. The molecule has 138 valence electrons. The van der Waals surface area contributed by atoms with E-state index in [0.29, 0.717) is 6.61 Å². The quantitative estimate of drug-likeness (QED) is 0.788. The van der Waals surface area contributed by atoms with E-state index in [0.717, 1.165) is 49.1 Å². The molecule has 0 spiro atoms. The minimum Gasteiger partial charge on any atom is -0.492 e. The molecule has 1 aliphatic rings. The molecule has 0 aromatic heterocycles. The van der Waals surface area contributed by atoms with Crippen molar-refractivity contribution in [3.63, 3.8) is 0 Å². The summed E-state index contributed by atoms with van der Waals surface area (Å²) in [5.74, 6) is 0.901. The number of benzene rings is 2. The van der Waals surface area contributed by atoms with Crippen molar-refractivity contribution in [2.45, 2.75) is 4.90 Å². The summed E-state index contributed by atoms with van der Waals surface area (Å²) in [5.41, 5.74) is 0.878. The van der Waals surface area contributed by atoms with Crippen LogP contribution in [0.15, 0.2) is 59.5 Å². The van der Waals surface area contributed by atoms with Gasteiger partial charge in [0.05, 0.1) is 5.69 Å². The van der Waals surface area contributed by atoms with E-state index in [1.54, 1.807) is 11.8 Å². The number of nitrogens with zero attached hydrogens (tertiary/aromatic N) is 2. The van der Waals surface area contributed by atoms with E-state index >= 15 is 0 Å². The fraction of sp³-hybridized carbons (Fsp3) is 0.350. The summed E-state index contributed by atoms with van der Waals surface area (Å²) < 4.78 is 5.75. The van der Waals surface area contributed by atoms with Gasteiger partial charge in [-0.3, -0.25) is 4.90 Å². The number of thioether (sulfide) groups is 1. The van der Waals surface area contributed by atoms with Gasteiger partial charge >= 0.3 is 6.03 Å². The lowest BCUT2D eigenvalue weighted by molar-refractivity contribution is 0.132. The van der Waals surface area contributed by atoms with Gasteiger partial charge in [0.15, 0.2) is 0 Å². The average Bonchev–Trinajstić information content (AvgIpc) is 2.70. The van der Waals surface area contributed by atoms with Crippen LogP contribution in [0.4, 0.5) is 10.5 Å². The summed E-state index contributed by atoms with van der Waals surface area (Å²) in [6.07, 6.45) is 2.02. The Labute approximate surface area is 159 Å². The number of nitrogens with one attached hydrogen (secondary N) is 1. The van der Waals surface area contributed by atoms with Gasteiger partial charge in [0.25, 0.3) is 0 Å². The Morgan fingerprint density at radius 1 is 1.04 bits per heavy atom. The smallest absolute Gasteiger partial charge is 0.321 e. The molecular formula is C20H25N3O2S. The van der Waals surface area contributed by atoms with Crippen molar-refractivity contribution in [3.8, 4) is 5.75 Å². The number of anilines is 1. The van der Waals surface area contributed by atoms with E-state index in [2.05, 4.69) is 10.2 Å². The molecule has 2 amide bonds. The first-order valence-corrected chi connectivity index (χ1v) is 10.1. The minimum absolute atomic E-state index is 0.0216. The third-order valence-corrected chi connectivity index (χ3v) is 5.22. The fourth-order valence-corrected chi connectivity index (χ4v) is 3.48. The molecule has 0 bridgehead atoms. The molecule has 0 radical (unpaired) electrons. The fourth-order valence-electron chi connectivity index (χ4n) is 2.93. The Bertz CT molecular complexity index is 703. The summed E-state index contributed by atoms with van der Waals surface area (Å²) in [7, 11) is 0. The Morgan fingerprint density at radius 2 is 1.73 bits per heavy atom. The number of piperazine rings is 1. The van der Waals surface area contributed by atoms with Gasteiger partial charge in [-0.05, 0) is 30.5 Å². The second kappa shape index (κ2) is 9.50. The van der Waals surface area contributed by atoms with Crippen LogP contribution in [0.3, 0.4) is 0 Å². The third-order valence-electron chi connectivity index (χ3n) is 4.43. The third kappa shape index (κ3) is 5.16. The van der Waals surface area contributed by atoms with Crippen LogP contribution in [-0.4, -0.2) is 61.4 Å². The molecule has 3 rings (SSSR count). The Balaban J connectivity index is 1.41. The van der Waals surface area contributed by atoms with Crippen LogP contribution < -0.4 is 10.1 Å². The van der Waals surface area contributed by atoms with Crippen molar-refractivity contribution in [2.75, 3.05) is 50.9 Å². The van der Waals surface area contributed by atoms with Gasteiger partial charge in [-0.15, -0.1) is 11.8 Å². The molecular weight excluding hydrogens is 346 g/mol. The highest BCUT2D eigenvalue weighted by Gasteiger charge is 2.21. The summed E-state index contributed by atoms with van der Waals surface area (Å²) in [6, 6.07) is 17.7. The highest BCUT2D eigenvalue weighted by Crippen LogP contribution is 2.24. The van der Waals surface area contributed by atoms with E-state index in [1.807, 2.05) is 65.8 Å². The van der Waals surface area contributed by atoms with Crippen LogP contribution in [0.25, 0.3) is 0 Å². The zero-order chi connectivity index (χ0) is 18.2. The molecule has 2 aromatic carbocycles. The molecule has 0 saturated carbocycles. The van der Waals surface area contributed by atoms with Crippen LogP contribution in [0.1, 0.15) is 0 Å². The molecule has 6 heteroatoms. The molecule has 0 unspecified atom stereocenters. The van der Waals surface area contributed by atoms with Crippen LogP contribution in [-0.2, 0) is 0 Å². The van der Waals surface area contributed by atoms with Gasteiger partial charge in [-0.2, -0.15) is 0 Å².